The maximum atomic E-state index is 9.60. The van der Waals surface area contributed by atoms with Gasteiger partial charge in [-0.3, -0.25) is 5.32 Å². The summed E-state index contributed by atoms with van der Waals surface area (Å²) in [5.41, 5.74) is -0.351. The molecule has 0 bridgehead atoms. The average Bonchev–Trinajstić information content (AvgIpc) is 2.47. The van der Waals surface area contributed by atoms with E-state index in [1.54, 1.807) is 7.11 Å². The van der Waals surface area contributed by atoms with Crippen molar-refractivity contribution >= 4 is 11.8 Å². The number of methoxy groups -OCH3 is 1. The molecule has 21 heavy (non-hydrogen) atoms. The number of hydrogen-bond donors (Lipinski definition) is 1. The lowest BCUT2D eigenvalue weighted by molar-refractivity contribution is 0.284. The molecule has 3 nitrogen and oxygen atoms in total. The van der Waals surface area contributed by atoms with Crippen LogP contribution >= 0.6 is 11.8 Å². The van der Waals surface area contributed by atoms with E-state index in [9.17, 15) is 5.26 Å². The van der Waals surface area contributed by atoms with Gasteiger partial charge in [-0.25, -0.2) is 0 Å². The van der Waals surface area contributed by atoms with Crippen LogP contribution < -0.4 is 10.1 Å². The van der Waals surface area contributed by atoms with Crippen molar-refractivity contribution in [2.45, 2.75) is 61.3 Å². The number of benzene rings is 1. The van der Waals surface area contributed by atoms with Gasteiger partial charge in [0.1, 0.15) is 11.3 Å². The molecule has 1 aliphatic rings. The summed E-state index contributed by atoms with van der Waals surface area (Å²) in [6.07, 6.45) is 4.17. The Morgan fingerprint density at radius 3 is 2.67 bits per heavy atom. The van der Waals surface area contributed by atoms with Crippen LogP contribution in [0.4, 0.5) is 0 Å². The smallest absolute Gasteiger partial charge is 0.118 e. The van der Waals surface area contributed by atoms with Crippen molar-refractivity contribution in [3.63, 3.8) is 0 Å². The lowest BCUT2D eigenvalue weighted by Crippen LogP contribution is -2.51. The van der Waals surface area contributed by atoms with Crippen LogP contribution in [0.1, 0.15) is 39.5 Å². The second-order valence-electron chi connectivity index (χ2n) is 6.00. The van der Waals surface area contributed by atoms with Gasteiger partial charge < -0.3 is 4.74 Å². The molecule has 0 heterocycles. The number of rotatable bonds is 5. The summed E-state index contributed by atoms with van der Waals surface area (Å²) in [6, 6.07) is 11.1. The summed E-state index contributed by atoms with van der Waals surface area (Å²) in [6.45, 7) is 4.22. The molecule has 0 saturated heterocycles. The van der Waals surface area contributed by atoms with Gasteiger partial charge in [-0.15, -0.1) is 11.8 Å². The largest absolute Gasteiger partial charge is 0.497 e. The van der Waals surface area contributed by atoms with Crippen molar-refractivity contribution < 1.29 is 4.74 Å². The van der Waals surface area contributed by atoms with Crippen molar-refractivity contribution in [1.82, 2.24) is 5.32 Å². The van der Waals surface area contributed by atoms with E-state index in [1.807, 2.05) is 23.9 Å². The molecule has 0 radical (unpaired) electrons. The molecule has 0 aromatic heterocycles. The third-order valence-electron chi connectivity index (χ3n) is 3.85. The summed E-state index contributed by atoms with van der Waals surface area (Å²) < 4.78 is 5.19. The Labute approximate surface area is 132 Å². The van der Waals surface area contributed by atoms with Gasteiger partial charge in [0.15, 0.2) is 0 Å². The highest BCUT2D eigenvalue weighted by Crippen LogP contribution is 2.38. The highest BCUT2D eigenvalue weighted by atomic mass is 32.2. The van der Waals surface area contributed by atoms with Crippen LogP contribution in [0.3, 0.4) is 0 Å². The molecule has 114 valence electrons. The SMILES string of the molecule is COc1ccc(SC2CCCC(C#N)(NC(C)C)C2)cc1. The molecule has 1 fully saturated rings. The zero-order valence-corrected chi connectivity index (χ0v) is 13.9. The molecule has 0 aliphatic heterocycles. The zero-order chi connectivity index (χ0) is 15.3. The van der Waals surface area contributed by atoms with Gasteiger partial charge in [-0.05, 0) is 63.8 Å². The van der Waals surface area contributed by atoms with Crippen molar-refractivity contribution in [3.8, 4) is 11.8 Å². The number of nitrogens with one attached hydrogen (secondary N) is 1. The summed E-state index contributed by atoms with van der Waals surface area (Å²) >= 11 is 1.88. The van der Waals surface area contributed by atoms with Crippen LogP contribution in [0, 0.1) is 11.3 Å². The Morgan fingerprint density at radius 2 is 2.10 bits per heavy atom. The minimum Gasteiger partial charge on any atom is -0.497 e. The molecule has 0 spiro atoms. The topological polar surface area (TPSA) is 45.0 Å². The van der Waals surface area contributed by atoms with Gasteiger partial charge in [0.05, 0.1) is 13.2 Å². The third-order valence-corrected chi connectivity index (χ3v) is 5.13. The summed E-state index contributed by atoms with van der Waals surface area (Å²) in [5.74, 6) is 0.885. The molecule has 1 aliphatic carbocycles. The molecular weight excluding hydrogens is 280 g/mol. The number of nitriles is 1. The summed E-state index contributed by atoms with van der Waals surface area (Å²) in [4.78, 5) is 1.25. The van der Waals surface area contributed by atoms with E-state index >= 15 is 0 Å². The predicted octanol–water partition coefficient (Wildman–Crippen LogP) is 3.99. The Morgan fingerprint density at radius 1 is 1.38 bits per heavy atom. The standard InChI is InChI=1S/C17H24N2OS/c1-13(2)19-17(12-18)10-4-5-16(11-17)21-15-8-6-14(20-3)7-9-15/h6-9,13,16,19H,4-5,10-11H2,1-3H3. The summed E-state index contributed by atoms with van der Waals surface area (Å²) in [5, 5.41) is 13.6. The Bertz CT molecular complexity index is 495. The molecule has 1 aromatic rings. The first kappa shape index (κ1) is 16.2. The Hall–Kier alpha value is -1.18. The highest BCUT2D eigenvalue weighted by Gasteiger charge is 2.37. The predicted molar refractivity (Wildman–Crippen MR) is 87.7 cm³/mol. The first-order valence-corrected chi connectivity index (χ1v) is 8.44. The van der Waals surface area contributed by atoms with Crippen molar-refractivity contribution in [2.24, 2.45) is 0 Å². The first-order chi connectivity index (χ1) is 10.1. The monoisotopic (exact) mass is 304 g/mol. The minimum atomic E-state index is -0.351. The number of nitrogens with zero attached hydrogens (tertiary/aromatic N) is 1. The molecule has 2 rings (SSSR count). The average molecular weight is 304 g/mol. The second kappa shape index (κ2) is 7.20. The molecule has 2 atom stereocenters. The van der Waals surface area contributed by atoms with Gasteiger partial charge in [0.2, 0.25) is 0 Å². The fourth-order valence-electron chi connectivity index (χ4n) is 2.99. The van der Waals surface area contributed by atoms with E-state index in [2.05, 4.69) is 37.4 Å². The van der Waals surface area contributed by atoms with Gasteiger partial charge in [-0.2, -0.15) is 5.26 Å². The molecule has 4 heteroatoms. The lowest BCUT2D eigenvalue weighted by atomic mass is 9.82. The van der Waals surface area contributed by atoms with E-state index < -0.39 is 0 Å². The highest BCUT2D eigenvalue weighted by molar-refractivity contribution is 8.00. The minimum absolute atomic E-state index is 0.342. The van der Waals surface area contributed by atoms with Gasteiger partial charge in [0.25, 0.3) is 0 Å². The molecule has 1 aromatic carbocycles. The number of thioether (sulfide) groups is 1. The quantitative estimate of drug-likeness (QED) is 0.893. The molecule has 1 saturated carbocycles. The zero-order valence-electron chi connectivity index (χ0n) is 13.1. The van der Waals surface area contributed by atoms with E-state index in [0.717, 1.165) is 25.0 Å². The van der Waals surface area contributed by atoms with E-state index in [0.29, 0.717) is 11.3 Å². The lowest BCUT2D eigenvalue weighted by Gasteiger charge is -2.37. The van der Waals surface area contributed by atoms with E-state index in [4.69, 9.17) is 4.74 Å². The van der Waals surface area contributed by atoms with Gasteiger partial charge in [-0.1, -0.05) is 0 Å². The number of hydrogen-bond acceptors (Lipinski definition) is 4. The fraction of sp³-hybridized carbons (Fsp3) is 0.588. The maximum absolute atomic E-state index is 9.60. The Kier molecular flexibility index (Phi) is 5.55. The maximum Gasteiger partial charge on any atom is 0.118 e. The Balaban J connectivity index is 2.01. The molecule has 1 N–H and O–H groups in total. The van der Waals surface area contributed by atoms with Crippen molar-refractivity contribution in [3.05, 3.63) is 24.3 Å². The molecule has 2 unspecified atom stereocenters. The van der Waals surface area contributed by atoms with Crippen LogP contribution in [-0.4, -0.2) is 23.9 Å². The van der Waals surface area contributed by atoms with Crippen LogP contribution in [0.25, 0.3) is 0 Å². The van der Waals surface area contributed by atoms with Crippen LogP contribution in [0.15, 0.2) is 29.2 Å². The first-order valence-electron chi connectivity index (χ1n) is 7.56. The van der Waals surface area contributed by atoms with Gasteiger partial charge in [0, 0.05) is 16.2 Å². The van der Waals surface area contributed by atoms with Crippen molar-refractivity contribution in [1.29, 1.82) is 5.26 Å². The van der Waals surface area contributed by atoms with E-state index in [1.165, 1.54) is 11.3 Å². The number of ether oxygens (including phenoxy) is 1. The van der Waals surface area contributed by atoms with Crippen molar-refractivity contribution in [2.75, 3.05) is 7.11 Å². The fourth-order valence-corrected chi connectivity index (χ4v) is 4.32. The van der Waals surface area contributed by atoms with Gasteiger partial charge >= 0.3 is 0 Å². The normalized spacial score (nSPS) is 25.6. The van der Waals surface area contributed by atoms with E-state index in [-0.39, 0.29) is 5.54 Å². The van der Waals surface area contributed by atoms with Crippen LogP contribution in [0.2, 0.25) is 0 Å². The van der Waals surface area contributed by atoms with Crippen LogP contribution in [-0.2, 0) is 0 Å². The molecular formula is C17H24N2OS. The van der Waals surface area contributed by atoms with Crippen LogP contribution in [0.5, 0.6) is 5.75 Å². The molecule has 0 amide bonds. The summed E-state index contributed by atoms with van der Waals surface area (Å²) in [7, 11) is 1.68. The third kappa shape index (κ3) is 4.39. The second-order valence-corrected chi connectivity index (χ2v) is 7.38.